The van der Waals surface area contributed by atoms with Gasteiger partial charge in [-0.25, -0.2) is 0 Å². The van der Waals surface area contributed by atoms with Crippen LogP contribution in [0.2, 0.25) is 5.02 Å². The fourth-order valence-corrected chi connectivity index (χ4v) is 2.70. The van der Waals surface area contributed by atoms with Gasteiger partial charge >= 0.3 is 5.97 Å². The second-order valence-electron chi connectivity index (χ2n) is 3.39. The molecule has 0 fully saturated rings. The lowest BCUT2D eigenvalue weighted by Gasteiger charge is -2.04. The molecule has 4 heteroatoms. The van der Waals surface area contributed by atoms with Crippen molar-refractivity contribution in [2.45, 2.75) is 12.8 Å². The van der Waals surface area contributed by atoms with Gasteiger partial charge in [0.2, 0.25) is 0 Å². The summed E-state index contributed by atoms with van der Waals surface area (Å²) >= 11 is 7.44. The van der Waals surface area contributed by atoms with Crippen LogP contribution in [0.3, 0.4) is 0 Å². The SMILES string of the molecule is CC(C(=O)O)c1csc2ccc(Cl)cc12. The fourth-order valence-electron chi connectivity index (χ4n) is 1.49. The number of benzene rings is 1. The number of halogens is 1. The summed E-state index contributed by atoms with van der Waals surface area (Å²) in [4.78, 5) is 10.9. The number of carboxylic acid groups (broad SMARTS) is 1. The molecular weight excluding hydrogens is 232 g/mol. The number of hydrogen-bond acceptors (Lipinski definition) is 2. The second-order valence-corrected chi connectivity index (χ2v) is 4.74. The topological polar surface area (TPSA) is 37.3 Å². The minimum absolute atomic E-state index is 0.489. The van der Waals surface area contributed by atoms with Crippen molar-refractivity contribution in [2.24, 2.45) is 0 Å². The monoisotopic (exact) mass is 240 g/mol. The molecule has 15 heavy (non-hydrogen) atoms. The molecule has 0 radical (unpaired) electrons. The van der Waals surface area contributed by atoms with Gasteiger partial charge in [-0.3, -0.25) is 4.79 Å². The molecule has 0 bridgehead atoms. The summed E-state index contributed by atoms with van der Waals surface area (Å²) in [7, 11) is 0. The summed E-state index contributed by atoms with van der Waals surface area (Å²) < 4.78 is 1.07. The average Bonchev–Trinajstić information content (AvgIpc) is 2.59. The lowest BCUT2D eigenvalue weighted by Crippen LogP contribution is -2.06. The Bertz CT molecular complexity index is 518. The number of thiophene rings is 1. The van der Waals surface area contributed by atoms with Gasteiger partial charge in [-0.2, -0.15) is 0 Å². The van der Waals surface area contributed by atoms with E-state index in [9.17, 15) is 4.79 Å². The lowest BCUT2D eigenvalue weighted by molar-refractivity contribution is -0.138. The van der Waals surface area contributed by atoms with Crippen LogP contribution in [0.4, 0.5) is 0 Å². The molecule has 2 rings (SSSR count). The van der Waals surface area contributed by atoms with E-state index >= 15 is 0 Å². The van der Waals surface area contributed by atoms with Crippen molar-refractivity contribution < 1.29 is 9.90 Å². The largest absolute Gasteiger partial charge is 0.481 e. The Labute approximate surface area is 96.1 Å². The second kappa shape index (κ2) is 3.83. The van der Waals surface area contributed by atoms with Crippen LogP contribution in [0.25, 0.3) is 10.1 Å². The third-order valence-electron chi connectivity index (χ3n) is 2.40. The average molecular weight is 241 g/mol. The van der Waals surface area contributed by atoms with E-state index in [-0.39, 0.29) is 0 Å². The zero-order valence-electron chi connectivity index (χ0n) is 8.03. The Morgan fingerprint density at radius 2 is 2.27 bits per heavy atom. The van der Waals surface area contributed by atoms with Crippen molar-refractivity contribution >= 4 is 39.0 Å². The van der Waals surface area contributed by atoms with Crippen LogP contribution in [0, 0.1) is 0 Å². The van der Waals surface area contributed by atoms with Crippen LogP contribution >= 0.6 is 22.9 Å². The van der Waals surface area contributed by atoms with Crippen LogP contribution in [-0.4, -0.2) is 11.1 Å². The van der Waals surface area contributed by atoms with Crippen LogP contribution in [0.15, 0.2) is 23.6 Å². The molecule has 0 aliphatic rings. The molecular formula is C11H9ClO2S. The van der Waals surface area contributed by atoms with E-state index in [4.69, 9.17) is 16.7 Å². The maximum Gasteiger partial charge on any atom is 0.310 e. The zero-order valence-corrected chi connectivity index (χ0v) is 9.60. The van der Waals surface area contributed by atoms with Gasteiger partial charge in [0.1, 0.15) is 0 Å². The summed E-state index contributed by atoms with van der Waals surface area (Å²) in [6.07, 6.45) is 0. The molecule has 2 aromatic rings. The molecule has 78 valence electrons. The van der Waals surface area contributed by atoms with E-state index in [2.05, 4.69) is 0 Å². The molecule has 0 amide bonds. The van der Waals surface area contributed by atoms with Crippen molar-refractivity contribution in [3.8, 4) is 0 Å². The van der Waals surface area contributed by atoms with Crippen LogP contribution < -0.4 is 0 Å². The molecule has 0 aliphatic carbocycles. The Kier molecular flexibility index (Phi) is 2.67. The van der Waals surface area contributed by atoms with Crippen LogP contribution in [0.5, 0.6) is 0 Å². The van der Waals surface area contributed by atoms with Gasteiger partial charge in [-0.15, -0.1) is 11.3 Å². The quantitative estimate of drug-likeness (QED) is 0.868. The lowest BCUT2D eigenvalue weighted by atomic mass is 10.0. The van der Waals surface area contributed by atoms with E-state index in [0.717, 1.165) is 15.6 Å². The molecule has 1 unspecified atom stereocenters. The van der Waals surface area contributed by atoms with E-state index in [1.807, 2.05) is 23.6 Å². The van der Waals surface area contributed by atoms with E-state index in [0.29, 0.717) is 5.02 Å². The first-order valence-corrected chi connectivity index (χ1v) is 5.75. The minimum atomic E-state index is -0.810. The van der Waals surface area contributed by atoms with Crippen molar-refractivity contribution in [1.82, 2.24) is 0 Å². The number of aliphatic carboxylic acids is 1. The molecule has 0 spiro atoms. The standard InChI is InChI=1S/C11H9ClO2S/c1-6(11(13)14)9-5-15-10-3-2-7(12)4-8(9)10/h2-6H,1H3,(H,13,14). The molecule has 1 aromatic carbocycles. The van der Waals surface area contributed by atoms with Gasteiger partial charge in [-0.1, -0.05) is 11.6 Å². The van der Waals surface area contributed by atoms with Gasteiger partial charge in [0.15, 0.2) is 0 Å². The third kappa shape index (κ3) is 1.85. The Morgan fingerprint density at radius 3 is 2.93 bits per heavy atom. The first-order chi connectivity index (χ1) is 7.09. The first kappa shape index (κ1) is 10.5. The minimum Gasteiger partial charge on any atom is -0.481 e. The predicted molar refractivity (Wildman–Crippen MR) is 62.9 cm³/mol. The van der Waals surface area contributed by atoms with E-state index < -0.39 is 11.9 Å². The van der Waals surface area contributed by atoms with Crippen molar-refractivity contribution in [3.63, 3.8) is 0 Å². The fraction of sp³-hybridized carbons (Fsp3) is 0.182. The number of carboxylic acids is 1. The summed E-state index contributed by atoms with van der Waals surface area (Å²) in [5.74, 6) is -1.30. The number of fused-ring (bicyclic) bond motifs is 1. The summed E-state index contributed by atoms with van der Waals surface area (Å²) in [5, 5.41) is 12.4. The molecule has 2 nitrogen and oxygen atoms in total. The summed E-state index contributed by atoms with van der Waals surface area (Å²) in [6, 6.07) is 5.55. The maximum absolute atomic E-state index is 10.9. The first-order valence-electron chi connectivity index (χ1n) is 4.49. The normalized spacial score (nSPS) is 12.9. The summed E-state index contributed by atoms with van der Waals surface area (Å²) in [5.41, 5.74) is 0.838. The molecule has 1 N–H and O–H groups in total. The van der Waals surface area contributed by atoms with Crippen LogP contribution in [0.1, 0.15) is 18.4 Å². The van der Waals surface area contributed by atoms with Gasteiger partial charge in [-0.05, 0) is 41.5 Å². The third-order valence-corrected chi connectivity index (χ3v) is 3.62. The summed E-state index contributed by atoms with van der Waals surface area (Å²) in [6.45, 7) is 1.69. The Morgan fingerprint density at radius 1 is 1.53 bits per heavy atom. The molecule has 1 aromatic heterocycles. The van der Waals surface area contributed by atoms with Gasteiger partial charge in [0.05, 0.1) is 5.92 Å². The van der Waals surface area contributed by atoms with E-state index in [1.54, 1.807) is 18.3 Å². The predicted octanol–water partition coefficient (Wildman–Crippen LogP) is 3.74. The number of carbonyl (C=O) groups is 1. The van der Waals surface area contributed by atoms with Crippen molar-refractivity contribution in [3.05, 3.63) is 34.2 Å². The maximum atomic E-state index is 10.9. The smallest absolute Gasteiger partial charge is 0.310 e. The Balaban J connectivity index is 2.61. The van der Waals surface area contributed by atoms with Gasteiger partial charge in [0.25, 0.3) is 0 Å². The van der Waals surface area contributed by atoms with Crippen molar-refractivity contribution in [1.29, 1.82) is 0 Å². The van der Waals surface area contributed by atoms with Crippen LogP contribution in [-0.2, 0) is 4.79 Å². The number of rotatable bonds is 2. The highest BCUT2D eigenvalue weighted by Crippen LogP contribution is 2.33. The highest BCUT2D eigenvalue weighted by Gasteiger charge is 2.17. The molecule has 1 atom stereocenters. The van der Waals surface area contributed by atoms with Gasteiger partial charge < -0.3 is 5.11 Å². The molecule has 1 heterocycles. The van der Waals surface area contributed by atoms with E-state index in [1.165, 1.54) is 0 Å². The number of hydrogen-bond donors (Lipinski definition) is 1. The molecule has 0 saturated heterocycles. The molecule has 0 aliphatic heterocycles. The highest BCUT2D eigenvalue weighted by atomic mass is 35.5. The van der Waals surface area contributed by atoms with Gasteiger partial charge in [0, 0.05) is 9.72 Å². The highest BCUT2D eigenvalue weighted by molar-refractivity contribution is 7.17. The van der Waals surface area contributed by atoms with Crippen molar-refractivity contribution in [2.75, 3.05) is 0 Å². The zero-order chi connectivity index (χ0) is 11.0. The Hall–Kier alpha value is -1.06. The molecule has 0 saturated carbocycles.